The highest BCUT2D eigenvalue weighted by molar-refractivity contribution is 6.39. The summed E-state index contributed by atoms with van der Waals surface area (Å²) in [5.41, 5.74) is 4.16. The van der Waals surface area contributed by atoms with Crippen LogP contribution < -0.4 is 0 Å². The fourth-order valence-electron chi connectivity index (χ4n) is 4.07. The average Bonchev–Trinajstić information content (AvgIpc) is 3.23. The molecule has 0 amide bonds. The Hall–Kier alpha value is -3.47. The highest BCUT2D eigenvalue weighted by atomic mass is 35.5. The molecule has 0 N–H and O–H groups in total. The van der Waals surface area contributed by atoms with E-state index >= 15 is 0 Å². The fourth-order valence-corrected chi connectivity index (χ4v) is 4.60. The van der Waals surface area contributed by atoms with Gasteiger partial charge < -0.3 is 4.42 Å². The van der Waals surface area contributed by atoms with Gasteiger partial charge in [-0.25, -0.2) is 15.0 Å². The van der Waals surface area contributed by atoms with E-state index in [2.05, 4.69) is 18.2 Å². The molecule has 0 aliphatic heterocycles. The molecule has 6 heteroatoms. The molecule has 0 bridgehead atoms. The highest BCUT2D eigenvalue weighted by Gasteiger charge is 2.16. The number of benzene rings is 3. The second kappa shape index (κ2) is 8.14. The Morgan fingerprint density at radius 2 is 1.52 bits per heavy atom. The zero-order valence-corrected chi connectivity index (χ0v) is 18.9. The summed E-state index contributed by atoms with van der Waals surface area (Å²) in [5.74, 6) is 1.90. The van der Waals surface area contributed by atoms with Crippen LogP contribution in [0.2, 0.25) is 10.0 Å². The number of rotatable bonds is 3. The first-order valence-electron chi connectivity index (χ1n) is 10.7. The van der Waals surface area contributed by atoms with E-state index in [1.54, 1.807) is 6.07 Å². The summed E-state index contributed by atoms with van der Waals surface area (Å²) in [6, 6.07) is 19.4. The lowest BCUT2D eigenvalue weighted by molar-refractivity contribution is 0.669. The molecular formula is C27H17Cl2N3O. The molecule has 3 aromatic carbocycles. The van der Waals surface area contributed by atoms with Crippen molar-refractivity contribution in [1.82, 2.24) is 15.0 Å². The first-order valence-corrected chi connectivity index (χ1v) is 11.4. The number of halogens is 2. The normalized spacial score (nSPS) is 13.6. The Kier molecular flexibility index (Phi) is 4.97. The minimum Gasteiger partial charge on any atom is -0.454 e. The van der Waals surface area contributed by atoms with E-state index in [9.17, 15) is 0 Å². The molecule has 160 valence electrons. The summed E-state index contributed by atoms with van der Waals surface area (Å²) in [4.78, 5) is 14.4. The van der Waals surface area contributed by atoms with Crippen LogP contribution in [-0.2, 0) is 0 Å². The lowest BCUT2D eigenvalue weighted by Crippen LogP contribution is -2.03. The minimum absolute atomic E-state index is 0.486. The molecule has 2 heterocycles. The van der Waals surface area contributed by atoms with Crippen LogP contribution in [0.15, 0.2) is 83.3 Å². The second-order valence-electron chi connectivity index (χ2n) is 7.89. The molecule has 5 aromatic rings. The van der Waals surface area contributed by atoms with E-state index < -0.39 is 0 Å². The standard InChI is InChI=1S/C27H17Cl2N3O/c28-19-14-21-20-13-18(11-12-23(20)33-24(21)22(29)15-19)27-31-25(16-7-3-1-4-8-16)30-26(32-27)17-9-5-2-6-10-17/h1,3-5,7-15H,2,6H2. The molecule has 6 rings (SSSR count). The van der Waals surface area contributed by atoms with Gasteiger partial charge >= 0.3 is 0 Å². The van der Waals surface area contributed by atoms with Gasteiger partial charge in [-0.1, -0.05) is 71.8 Å². The lowest BCUT2D eigenvalue weighted by Gasteiger charge is -2.10. The van der Waals surface area contributed by atoms with E-state index in [0.29, 0.717) is 33.1 Å². The number of aromatic nitrogens is 3. The third-order valence-corrected chi connectivity index (χ3v) is 6.17. The lowest BCUT2D eigenvalue weighted by atomic mass is 10.1. The van der Waals surface area contributed by atoms with Crippen molar-refractivity contribution < 1.29 is 4.42 Å². The van der Waals surface area contributed by atoms with Gasteiger partial charge in [-0.3, -0.25) is 0 Å². The van der Waals surface area contributed by atoms with Crippen molar-refractivity contribution in [3.63, 3.8) is 0 Å². The Bertz CT molecular complexity index is 1590. The average molecular weight is 470 g/mol. The maximum absolute atomic E-state index is 6.36. The summed E-state index contributed by atoms with van der Waals surface area (Å²) >= 11 is 12.6. The number of hydrogen-bond acceptors (Lipinski definition) is 4. The maximum Gasteiger partial charge on any atom is 0.164 e. The number of furan rings is 1. The molecule has 1 aliphatic carbocycles. The zero-order valence-electron chi connectivity index (χ0n) is 17.4. The van der Waals surface area contributed by atoms with E-state index in [1.165, 1.54) is 0 Å². The van der Waals surface area contributed by atoms with Gasteiger partial charge in [-0.05, 0) is 43.2 Å². The van der Waals surface area contributed by atoms with Crippen LogP contribution in [-0.4, -0.2) is 15.0 Å². The predicted molar refractivity (Wildman–Crippen MR) is 134 cm³/mol. The summed E-state index contributed by atoms with van der Waals surface area (Å²) in [5, 5.41) is 2.82. The fraction of sp³-hybridized carbons (Fsp3) is 0.0741. The molecule has 2 aromatic heterocycles. The van der Waals surface area contributed by atoms with Gasteiger partial charge in [0.1, 0.15) is 5.58 Å². The van der Waals surface area contributed by atoms with E-state index in [4.69, 9.17) is 42.6 Å². The molecule has 0 radical (unpaired) electrons. The van der Waals surface area contributed by atoms with E-state index in [1.807, 2.05) is 54.6 Å². The quantitative estimate of drug-likeness (QED) is 0.267. The molecule has 0 saturated carbocycles. The summed E-state index contributed by atoms with van der Waals surface area (Å²) in [7, 11) is 0. The molecule has 33 heavy (non-hydrogen) atoms. The van der Waals surface area contributed by atoms with Crippen LogP contribution in [0.1, 0.15) is 18.7 Å². The zero-order chi connectivity index (χ0) is 22.4. The minimum atomic E-state index is 0.486. The van der Waals surface area contributed by atoms with Crippen molar-refractivity contribution >= 4 is 50.7 Å². The van der Waals surface area contributed by atoms with Gasteiger partial charge in [0.25, 0.3) is 0 Å². The highest BCUT2D eigenvalue weighted by Crippen LogP contribution is 2.37. The SMILES string of the molecule is Clc1cc(Cl)c2oc3ccc(-c4nc(C5=CCCC=C5)nc(-c5ccccc5)n4)cc3c2c1. The van der Waals surface area contributed by atoms with Crippen LogP contribution in [0.5, 0.6) is 0 Å². The van der Waals surface area contributed by atoms with Crippen molar-refractivity contribution in [2.75, 3.05) is 0 Å². The number of hydrogen-bond donors (Lipinski definition) is 0. The Labute approximate surface area is 200 Å². The molecule has 4 nitrogen and oxygen atoms in total. The summed E-state index contributed by atoms with van der Waals surface area (Å²) in [6.07, 6.45) is 8.40. The number of allylic oxidation sites excluding steroid dienone is 4. The summed E-state index contributed by atoms with van der Waals surface area (Å²) < 4.78 is 5.98. The maximum atomic E-state index is 6.36. The van der Waals surface area contributed by atoms with Gasteiger partial charge in [0.2, 0.25) is 0 Å². The van der Waals surface area contributed by atoms with Gasteiger partial charge in [0.05, 0.1) is 5.02 Å². The molecule has 0 atom stereocenters. The Morgan fingerprint density at radius 1 is 0.727 bits per heavy atom. The number of nitrogens with zero attached hydrogens (tertiary/aromatic N) is 3. The third kappa shape index (κ3) is 3.71. The molecular weight excluding hydrogens is 453 g/mol. The van der Waals surface area contributed by atoms with Crippen molar-refractivity contribution in [1.29, 1.82) is 0 Å². The van der Waals surface area contributed by atoms with Crippen molar-refractivity contribution in [3.05, 3.63) is 94.8 Å². The number of fused-ring (bicyclic) bond motifs is 3. The van der Waals surface area contributed by atoms with Gasteiger partial charge in [0.15, 0.2) is 23.1 Å². The molecule has 0 spiro atoms. The Balaban J connectivity index is 1.57. The van der Waals surface area contributed by atoms with Crippen LogP contribution in [0.3, 0.4) is 0 Å². The largest absolute Gasteiger partial charge is 0.454 e. The van der Waals surface area contributed by atoms with Gasteiger partial charge in [-0.15, -0.1) is 0 Å². The van der Waals surface area contributed by atoms with Crippen LogP contribution in [0, 0.1) is 0 Å². The van der Waals surface area contributed by atoms with E-state index in [0.717, 1.165) is 45.9 Å². The molecule has 0 unspecified atom stereocenters. The van der Waals surface area contributed by atoms with Gasteiger partial charge in [-0.2, -0.15) is 0 Å². The summed E-state index contributed by atoms with van der Waals surface area (Å²) in [6.45, 7) is 0. The monoisotopic (exact) mass is 469 g/mol. The predicted octanol–water partition coefficient (Wildman–Crippen LogP) is 8.15. The first kappa shape index (κ1) is 20.2. The third-order valence-electron chi connectivity index (χ3n) is 5.67. The van der Waals surface area contributed by atoms with Crippen LogP contribution >= 0.6 is 23.2 Å². The Morgan fingerprint density at radius 3 is 2.30 bits per heavy atom. The first-order chi connectivity index (χ1) is 16.2. The van der Waals surface area contributed by atoms with Crippen LogP contribution in [0.25, 0.3) is 50.3 Å². The van der Waals surface area contributed by atoms with Crippen LogP contribution in [0.4, 0.5) is 0 Å². The van der Waals surface area contributed by atoms with Crippen molar-refractivity contribution in [3.8, 4) is 22.8 Å². The molecule has 1 aliphatic rings. The topological polar surface area (TPSA) is 51.8 Å². The molecule has 0 fully saturated rings. The second-order valence-corrected chi connectivity index (χ2v) is 8.73. The van der Waals surface area contributed by atoms with Gasteiger partial charge in [0, 0.05) is 32.5 Å². The van der Waals surface area contributed by atoms with E-state index in [-0.39, 0.29) is 0 Å². The van der Waals surface area contributed by atoms with Crippen molar-refractivity contribution in [2.45, 2.75) is 12.8 Å². The molecule has 0 saturated heterocycles. The van der Waals surface area contributed by atoms with Crippen molar-refractivity contribution in [2.24, 2.45) is 0 Å². The smallest absolute Gasteiger partial charge is 0.164 e.